The van der Waals surface area contributed by atoms with Gasteiger partial charge in [-0.05, 0) is 61.2 Å². The molecule has 30 heavy (non-hydrogen) atoms. The topological polar surface area (TPSA) is 86.5 Å². The first-order valence-electron chi connectivity index (χ1n) is 9.38. The maximum Gasteiger partial charge on any atom is 0.257 e. The number of nitrogen functional groups attached to an aromatic ring is 1. The van der Waals surface area contributed by atoms with E-state index in [-0.39, 0.29) is 24.4 Å². The molecule has 0 fully saturated rings. The monoisotopic (exact) mass is 447 g/mol. The van der Waals surface area contributed by atoms with Gasteiger partial charge in [0.25, 0.3) is 5.91 Å². The number of anilines is 2. The molecule has 1 aromatic heterocycles. The fraction of sp³-hybridized carbons (Fsp3) is 0.273. The van der Waals surface area contributed by atoms with E-state index in [1.54, 1.807) is 19.4 Å². The van der Waals surface area contributed by atoms with Crippen molar-refractivity contribution in [2.75, 3.05) is 24.8 Å². The summed E-state index contributed by atoms with van der Waals surface area (Å²) in [6, 6.07) is 13.5. The van der Waals surface area contributed by atoms with E-state index in [1.807, 2.05) is 48.7 Å². The number of thiazole rings is 1. The van der Waals surface area contributed by atoms with Crippen molar-refractivity contribution in [3.63, 3.8) is 0 Å². The van der Waals surface area contributed by atoms with Crippen LogP contribution in [0.3, 0.4) is 0 Å². The van der Waals surface area contributed by atoms with E-state index in [0.29, 0.717) is 23.1 Å². The van der Waals surface area contributed by atoms with Crippen molar-refractivity contribution in [1.82, 2.24) is 4.98 Å². The molecule has 1 heterocycles. The number of hydrogen-bond acceptors (Lipinski definition) is 6. The second-order valence-electron chi connectivity index (χ2n) is 6.78. The number of hydrogen-bond donors (Lipinski definition) is 2. The minimum atomic E-state index is -0.210. The Bertz CT molecular complexity index is 933. The Morgan fingerprint density at radius 2 is 1.90 bits per heavy atom. The van der Waals surface area contributed by atoms with E-state index >= 15 is 0 Å². The van der Waals surface area contributed by atoms with Crippen LogP contribution in [0.25, 0.3) is 0 Å². The molecule has 0 aliphatic rings. The van der Waals surface area contributed by atoms with Gasteiger partial charge < -0.3 is 15.2 Å². The Morgan fingerprint density at radius 3 is 2.57 bits per heavy atom. The number of amides is 1. The zero-order valence-corrected chi connectivity index (χ0v) is 18.6. The zero-order valence-electron chi connectivity index (χ0n) is 17.0. The van der Waals surface area contributed by atoms with Crippen LogP contribution in [-0.4, -0.2) is 30.7 Å². The number of nitrogens with zero attached hydrogens (tertiary/aromatic N) is 1. The number of carbonyl (C=O) groups is 1. The molecule has 0 spiro atoms. The number of halogens is 1. The first-order valence-corrected chi connectivity index (χ1v) is 10.3. The lowest BCUT2D eigenvalue weighted by atomic mass is 10.0. The molecule has 0 saturated heterocycles. The van der Waals surface area contributed by atoms with Gasteiger partial charge in [0, 0.05) is 29.9 Å². The minimum absolute atomic E-state index is 0. The van der Waals surface area contributed by atoms with Gasteiger partial charge in [0.05, 0.1) is 6.61 Å². The van der Waals surface area contributed by atoms with E-state index in [1.165, 1.54) is 16.9 Å². The standard InChI is InChI=1S/C22H25N3O3S.ClH/c1-15(14-27-2)28-20-12-17(4-3-16-5-7-19(23)8-6-16)11-18(13-20)21(26)25-22-24-9-10-29-22;/h5-13,15H,3-4,14,23H2,1-2H3,(H,24,25,26);1H/t15-;/m0./s1. The highest BCUT2D eigenvalue weighted by Gasteiger charge is 2.13. The molecule has 1 amide bonds. The predicted octanol–water partition coefficient (Wildman–Crippen LogP) is 4.60. The summed E-state index contributed by atoms with van der Waals surface area (Å²) in [5.41, 5.74) is 9.25. The number of nitrogens with one attached hydrogen (secondary N) is 1. The Balaban J connectivity index is 0.00000320. The quantitative estimate of drug-likeness (QED) is 0.468. The van der Waals surface area contributed by atoms with Gasteiger partial charge in [0.1, 0.15) is 11.9 Å². The number of aromatic nitrogens is 1. The molecule has 6 nitrogen and oxygen atoms in total. The largest absolute Gasteiger partial charge is 0.488 e. The average Bonchev–Trinajstić information content (AvgIpc) is 3.20. The van der Waals surface area contributed by atoms with Crippen molar-refractivity contribution in [1.29, 1.82) is 0 Å². The summed E-state index contributed by atoms with van der Waals surface area (Å²) in [7, 11) is 1.63. The second kappa shape index (κ2) is 11.5. The Kier molecular flexibility index (Phi) is 9.11. The third-order valence-electron chi connectivity index (χ3n) is 4.30. The number of benzene rings is 2. The van der Waals surface area contributed by atoms with Gasteiger partial charge >= 0.3 is 0 Å². The van der Waals surface area contributed by atoms with Crippen LogP contribution in [0.4, 0.5) is 10.8 Å². The molecule has 3 rings (SSSR count). The van der Waals surface area contributed by atoms with Crippen molar-refractivity contribution in [3.8, 4) is 5.75 Å². The highest BCUT2D eigenvalue weighted by molar-refractivity contribution is 7.13. The summed E-state index contributed by atoms with van der Waals surface area (Å²) in [6.07, 6.45) is 3.15. The summed E-state index contributed by atoms with van der Waals surface area (Å²) < 4.78 is 11.1. The molecule has 0 saturated carbocycles. The van der Waals surface area contributed by atoms with E-state index in [0.717, 1.165) is 24.1 Å². The number of carbonyl (C=O) groups excluding carboxylic acids is 1. The summed E-state index contributed by atoms with van der Waals surface area (Å²) >= 11 is 1.38. The number of nitrogens with two attached hydrogens (primary N) is 1. The molecule has 3 aromatic rings. The lowest BCUT2D eigenvalue weighted by Gasteiger charge is -2.16. The van der Waals surface area contributed by atoms with Crippen LogP contribution >= 0.6 is 23.7 Å². The molecule has 0 unspecified atom stereocenters. The highest BCUT2D eigenvalue weighted by Crippen LogP contribution is 2.22. The fourth-order valence-electron chi connectivity index (χ4n) is 2.93. The zero-order chi connectivity index (χ0) is 20.6. The van der Waals surface area contributed by atoms with Gasteiger partial charge in [-0.1, -0.05) is 12.1 Å². The molecule has 0 radical (unpaired) electrons. The van der Waals surface area contributed by atoms with Crippen molar-refractivity contribution in [2.24, 2.45) is 0 Å². The molecular weight excluding hydrogens is 422 g/mol. The van der Waals surface area contributed by atoms with Crippen molar-refractivity contribution in [3.05, 3.63) is 70.7 Å². The Labute approximate surface area is 186 Å². The van der Waals surface area contributed by atoms with Crippen molar-refractivity contribution >= 4 is 40.5 Å². The lowest BCUT2D eigenvalue weighted by molar-refractivity contribution is 0.0916. The van der Waals surface area contributed by atoms with Crippen LogP contribution in [0, 0.1) is 0 Å². The average molecular weight is 448 g/mol. The van der Waals surface area contributed by atoms with Crippen LogP contribution in [0.5, 0.6) is 5.75 Å². The highest BCUT2D eigenvalue weighted by atomic mass is 35.5. The molecule has 2 aromatic carbocycles. The maximum atomic E-state index is 12.7. The maximum absolute atomic E-state index is 12.7. The summed E-state index contributed by atoms with van der Waals surface area (Å²) in [5.74, 6) is 0.437. The van der Waals surface area contributed by atoms with Gasteiger partial charge in [0.2, 0.25) is 0 Å². The Hall–Kier alpha value is -2.61. The molecule has 0 aliphatic carbocycles. The van der Waals surface area contributed by atoms with Crippen LogP contribution in [0.1, 0.15) is 28.4 Å². The molecule has 8 heteroatoms. The Morgan fingerprint density at radius 1 is 1.17 bits per heavy atom. The summed E-state index contributed by atoms with van der Waals surface area (Å²) in [6.45, 7) is 2.40. The summed E-state index contributed by atoms with van der Waals surface area (Å²) in [4.78, 5) is 16.8. The van der Waals surface area contributed by atoms with Crippen LogP contribution in [0.2, 0.25) is 0 Å². The molecule has 3 N–H and O–H groups in total. The third-order valence-corrected chi connectivity index (χ3v) is 4.99. The van der Waals surface area contributed by atoms with E-state index < -0.39 is 0 Å². The molecule has 0 bridgehead atoms. The third kappa shape index (κ3) is 7.02. The molecular formula is C22H26ClN3O3S. The normalized spacial score (nSPS) is 11.4. The molecule has 0 aliphatic heterocycles. The van der Waals surface area contributed by atoms with Crippen LogP contribution in [0.15, 0.2) is 54.0 Å². The number of rotatable bonds is 9. The molecule has 160 valence electrons. The minimum Gasteiger partial charge on any atom is -0.488 e. The first-order chi connectivity index (χ1) is 14.0. The second-order valence-corrected chi connectivity index (χ2v) is 7.68. The van der Waals surface area contributed by atoms with E-state index in [4.69, 9.17) is 15.2 Å². The number of aryl methyl sites for hydroxylation is 2. The van der Waals surface area contributed by atoms with Gasteiger partial charge in [-0.3, -0.25) is 10.1 Å². The summed E-state index contributed by atoms with van der Waals surface area (Å²) in [5, 5.41) is 5.21. The fourth-order valence-corrected chi connectivity index (χ4v) is 3.46. The van der Waals surface area contributed by atoms with Gasteiger partial charge in [-0.2, -0.15) is 0 Å². The SMILES string of the molecule is COC[C@H](C)Oc1cc(CCc2ccc(N)cc2)cc(C(=O)Nc2nccs2)c1.Cl. The van der Waals surface area contributed by atoms with Crippen LogP contribution < -0.4 is 15.8 Å². The number of methoxy groups -OCH3 is 1. The van der Waals surface area contributed by atoms with Gasteiger partial charge in [0.15, 0.2) is 5.13 Å². The lowest BCUT2D eigenvalue weighted by Crippen LogP contribution is -2.19. The molecule has 1 atom stereocenters. The van der Waals surface area contributed by atoms with Crippen molar-refractivity contribution in [2.45, 2.75) is 25.9 Å². The van der Waals surface area contributed by atoms with E-state index in [2.05, 4.69) is 10.3 Å². The van der Waals surface area contributed by atoms with Gasteiger partial charge in [-0.25, -0.2) is 4.98 Å². The first kappa shape index (κ1) is 23.7. The predicted molar refractivity (Wildman–Crippen MR) is 124 cm³/mol. The number of ether oxygens (including phenoxy) is 2. The smallest absolute Gasteiger partial charge is 0.257 e. The van der Waals surface area contributed by atoms with Crippen LogP contribution in [-0.2, 0) is 17.6 Å². The van der Waals surface area contributed by atoms with Crippen molar-refractivity contribution < 1.29 is 14.3 Å². The van der Waals surface area contributed by atoms with E-state index in [9.17, 15) is 4.79 Å². The van der Waals surface area contributed by atoms with Gasteiger partial charge in [-0.15, -0.1) is 23.7 Å².